The van der Waals surface area contributed by atoms with Crippen LogP contribution in [0, 0.1) is 0 Å². The van der Waals surface area contributed by atoms with E-state index in [1.807, 2.05) is 24.3 Å². The van der Waals surface area contributed by atoms with Crippen LogP contribution in [-0.4, -0.2) is 4.98 Å². The monoisotopic (exact) mass is 642 g/mol. The molecule has 234 valence electrons. The predicted molar refractivity (Wildman–Crippen MR) is 204 cm³/mol. The van der Waals surface area contributed by atoms with Crippen LogP contribution in [0.4, 0.5) is 17.1 Å². The van der Waals surface area contributed by atoms with Gasteiger partial charge < -0.3 is 18.2 Å². The molecule has 0 radical (unpaired) electrons. The van der Waals surface area contributed by atoms with Crippen LogP contribution in [0.15, 0.2) is 171 Å². The number of rotatable bonds is 4. The van der Waals surface area contributed by atoms with Gasteiger partial charge in [-0.3, -0.25) is 0 Å². The van der Waals surface area contributed by atoms with Crippen LogP contribution < -0.4 is 4.90 Å². The fourth-order valence-electron chi connectivity index (χ4n) is 7.37. The molecule has 0 amide bonds. The first-order chi connectivity index (χ1) is 24.7. The van der Waals surface area contributed by atoms with E-state index in [2.05, 4.69) is 138 Å². The van der Waals surface area contributed by atoms with Gasteiger partial charge in [0.15, 0.2) is 5.58 Å². The maximum atomic E-state index is 6.38. The summed E-state index contributed by atoms with van der Waals surface area (Å²) in [4.78, 5) is 7.02. The Morgan fingerprint density at radius 2 is 0.840 bits per heavy atom. The molecular weight excluding hydrogens is 617 g/mol. The third-order valence-electron chi connectivity index (χ3n) is 9.83. The molecule has 8 aromatic carbocycles. The Morgan fingerprint density at radius 1 is 0.360 bits per heavy atom. The van der Waals surface area contributed by atoms with Crippen LogP contribution >= 0.6 is 0 Å². The molecule has 0 aliphatic heterocycles. The van der Waals surface area contributed by atoms with E-state index in [4.69, 9.17) is 18.2 Å². The largest absolute Gasteiger partial charge is 0.456 e. The van der Waals surface area contributed by atoms with Crippen LogP contribution in [0.1, 0.15) is 0 Å². The average molecular weight is 643 g/mol. The molecular formula is C45H26N2O3. The Morgan fingerprint density at radius 3 is 1.40 bits per heavy atom. The normalized spacial score (nSPS) is 12.0. The standard InChI is InChI=1S/C45H26N2O3/c1-3-9-30-23-43-35(21-28(30)7-1)37-25-33(17-19-40(37)48-43)47(32-15-13-27(14-16-32)45-46-39-11-5-6-12-42(39)50-45)34-18-20-41-38(26-34)36-22-29-8-2-4-10-31(29)24-44(36)49-41/h1-26H. The van der Waals surface area contributed by atoms with Crippen molar-refractivity contribution in [2.24, 2.45) is 0 Å². The van der Waals surface area contributed by atoms with E-state index in [9.17, 15) is 0 Å². The first-order valence-electron chi connectivity index (χ1n) is 16.7. The van der Waals surface area contributed by atoms with Crippen molar-refractivity contribution in [2.45, 2.75) is 0 Å². The Hall–Kier alpha value is -6.85. The summed E-state index contributed by atoms with van der Waals surface area (Å²) in [6, 6.07) is 54.7. The van der Waals surface area contributed by atoms with Crippen LogP contribution in [0.2, 0.25) is 0 Å². The van der Waals surface area contributed by atoms with Crippen molar-refractivity contribution in [3.8, 4) is 11.5 Å². The van der Waals surface area contributed by atoms with Gasteiger partial charge in [-0.2, -0.15) is 0 Å². The summed E-state index contributed by atoms with van der Waals surface area (Å²) in [5.41, 5.74) is 9.02. The van der Waals surface area contributed by atoms with Crippen molar-refractivity contribution < 1.29 is 13.3 Å². The SMILES string of the molecule is c1ccc2cc3c(cc2c1)oc1ccc(N(c2ccc(-c4nc5ccccc5o4)cc2)c2ccc4oc5cc6ccccc6cc5c4c2)cc13. The third-order valence-corrected chi connectivity index (χ3v) is 9.83. The molecule has 0 bridgehead atoms. The van der Waals surface area contributed by atoms with E-state index in [-0.39, 0.29) is 0 Å². The molecule has 3 heterocycles. The Labute approximate surface area is 285 Å². The van der Waals surface area contributed by atoms with Crippen molar-refractivity contribution >= 4 is 93.6 Å². The summed E-state index contributed by atoms with van der Waals surface area (Å²) in [6.45, 7) is 0. The Kier molecular flexibility index (Phi) is 5.60. The second-order valence-corrected chi connectivity index (χ2v) is 12.8. The van der Waals surface area contributed by atoms with Crippen molar-refractivity contribution in [1.29, 1.82) is 0 Å². The highest BCUT2D eigenvalue weighted by molar-refractivity contribution is 6.13. The summed E-state index contributed by atoms with van der Waals surface area (Å²) in [6.07, 6.45) is 0. The zero-order chi connectivity index (χ0) is 32.8. The number of oxazole rings is 1. The third kappa shape index (κ3) is 4.17. The van der Waals surface area contributed by atoms with E-state index >= 15 is 0 Å². The fraction of sp³-hybridized carbons (Fsp3) is 0. The second-order valence-electron chi connectivity index (χ2n) is 12.8. The number of benzene rings is 8. The number of anilines is 3. The van der Waals surface area contributed by atoms with E-state index in [0.717, 1.165) is 88.4 Å². The van der Waals surface area contributed by atoms with Gasteiger partial charge in [0, 0.05) is 44.2 Å². The van der Waals surface area contributed by atoms with Gasteiger partial charge >= 0.3 is 0 Å². The van der Waals surface area contributed by atoms with Crippen molar-refractivity contribution in [3.63, 3.8) is 0 Å². The number of hydrogen-bond acceptors (Lipinski definition) is 5. The van der Waals surface area contributed by atoms with Gasteiger partial charge in [0.05, 0.1) is 0 Å². The average Bonchev–Trinajstić information content (AvgIpc) is 3.86. The van der Waals surface area contributed by atoms with Gasteiger partial charge in [0.1, 0.15) is 27.8 Å². The van der Waals surface area contributed by atoms with E-state index in [0.29, 0.717) is 5.89 Å². The number of aromatic nitrogens is 1. The lowest BCUT2D eigenvalue weighted by molar-refractivity contribution is 0.620. The maximum Gasteiger partial charge on any atom is 0.227 e. The lowest BCUT2D eigenvalue weighted by Gasteiger charge is -2.25. The van der Waals surface area contributed by atoms with Gasteiger partial charge in [-0.15, -0.1) is 0 Å². The second kappa shape index (κ2) is 10.3. The number of furan rings is 2. The minimum absolute atomic E-state index is 0.598. The zero-order valence-corrected chi connectivity index (χ0v) is 26.6. The highest BCUT2D eigenvalue weighted by Gasteiger charge is 2.19. The summed E-state index contributed by atoms with van der Waals surface area (Å²) in [5, 5.41) is 9.01. The highest BCUT2D eigenvalue weighted by Crippen LogP contribution is 2.42. The molecule has 0 spiro atoms. The first-order valence-corrected chi connectivity index (χ1v) is 16.7. The summed E-state index contributed by atoms with van der Waals surface area (Å²) in [5.74, 6) is 0.598. The molecule has 0 N–H and O–H groups in total. The van der Waals surface area contributed by atoms with Gasteiger partial charge in [-0.1, -0.05) is 60.7 Å². The molecule has 0 saturated heterocycles. The lowest BCUT2D eigenvalue weighted by atomic mass is 10.0. The van der Waals surface area contributed by atoms with Crippen molar-refractivity contribution in [3.05, 3.63) is 158 Å². The number of fused-ring (bicyclic) bond motifs is 9. The lowest BCUT2D eigenvalue weighted by Crippen LogP contribution is -2.09. The molecule has 5 heteroatoms. The van der Waals surface area contributed by atoms with Crippen LogP contribution in [-0.2, 0) is 0 Å². The van der Waals surface area contributed by atoms with Gasteiger partial charge in [0.25, 0.3) is 0 Å². The van der Waals surface area contributed by atoms with Gasteiger partial charge in [-0.25, -0.2) is 4.98 Å². The molecule has 11 aromatic rings. The van der Waals surface area contributed by atoms with Crippen LogP contribution in [0.3, 0.4) is 0 Å². The molecule has 0 unspecified atom stereocenters. The van der Waals surface area contributed by atoms with Gasteiger partial charge in [-0.05, 0) is 119 Å². The topological polar surface area (TPSA) is 55.6 Å². The maximum absolute atomic E-state index is 6.38. The minimum Gasteiger partial charge on any atom is -0.456 e. The Balaban J connectivity index is 1.10. The Bertz CT molecular complexity index is 2920. The van der Waals surface area contributed by atoms with E-state index in [1.54, 1.807) is 0 Å². The molecule has 0 fully saturated rings. The van der Waals surface area contributed by atoms with Crippen LogP contribution in [0.5, 0.6) is 0 Å². The predicted octanol–water partition coefficient (Wildman–Crippen LogP) is 13.1. The van der Waals surface area contributed by atoms with Crippen molar-refractivity contribution in [2.75, 3.05) is 4.90 Å². The molecule has 0 aliphatic carbocycles. The first kappa shape index (κ1) is 27.1. The molecule has 0 aliphatic rings. The number of hydrogen-bond donors (Lipinski definition) is 0. The van der Waals surface area contributed by atoms with Gasteiger partial charge in [0.2, 0.25) is 5.89 Å². The van der Waals surface area contributed by atoms with E-state index < -0.39 is 0 Å². The highest BCUT2D eigenvalue weighted by atomic mass is 16.3. The summed E-state index contributed by atoms with van der Waals surface area (Å²) >= 11 is 0. The molecule has 11 rings (SSSR count). The molecule has 0 saturated carbocycles. The molecule has 50 heavy (non-hydrogen) atoms. The smallest absolute Gasteiger partial charge is 0.227 e. The van der Waals surface area contributed by atoms with Crippen LogP contribution in [0.25, 0.3) is 88.0 Å². The molecule has 0 atom stereocenters. The number of para-hydroxylation sites is 2. The number of nitrogens with zero attached hydrogens (tertiary/aromatic N) is 2. The summed E-state index contributed by atoms with van der Waals surface area (Å²) in [7, 11) is 0. The minimum atomic E-state index is 0.598. The van der Waals surface area contributed by atoms with E-state index in [1.165, 1.54) is 10.8 Å². The fourth-order valence-corrected chi connectivity index (χ4v) is 7.37. The summed E-state index contributed by atoms with van der Waals surface area (Å²) < 4.78 is 18.9. The molecule has 5 nitrogen and oxygen atoms in total. The zero-order valence-electron chi connectivity index (χ0n) is 26.6. The van der Waals surface area contributed by atoms with Crippen molar-refractivity contribution in [1.82, 2.24) is 4.98 Å². The molecule has 3 aromatic heterocycles. The quantitative estimate of drug-likeness (QED) is 0.191.